The molecule has 6 heteroatoms. The van der Waals surface area contributed by atoms with Gasteiger partial charge >= 0.3 is 0 Å². The average Bonchev–Trinajstić information content (AvgIpc) is 2.84. The van der Waals surface area contributed by atoms with Crippen molar-refractivity contribution in [1.82, 2.24) is 4.98 Å². The van der Waals surface area contributed by atoms with Gasteiger partial charge in [-0.05, 0) is 17.7 Å². The molecular weight excluding hydrogens is 429 g/mol. The van der Waals surface area contributed by atoms with E-state index in [2.05, 4.69) is 4.98 Å². The fraction of sp³-hybridized carbons (Fsp3) is 0.0769. The number of nitrogens with zero attached hydrogens (tertiary/aromatic N) is 1. The Kier molecular flexibility index (Phi) is 6.78. The van der Waals surface area contributed by atoms with E-state index in [1.165, 1.54) is 6.07 Å². The summed E-state index contributed by atoms with van der Waals surface area (Å²) in [6.45, 7) is 0.193. The van der Waals surface area contributed by atoms with Crippen LogP contribution in [0.2, 0.25) is 5.02 Å². The van der Waals surface area contributed by atoms with Crippen LogP contribution in [0.15, 0.2) is 85.2 Å². The quantitative estimate of drug-likeness (QED) is 0.289. The van der Waals surface area contributed by atoms with Gasteiger partial charge in [-0.2, -0.15) is 0 Å². The number of aldehydes is 1. The van der Waals surface area contributed by atoms with Gasteiger partial charge in [-0.3, -0.25) is 9.78 Å². The number of benzene rings is 3. The van der Waals surface area contributed by atoms with E-state index in [4.69, 9.17) is 21.1 Å². The first-order valence-corrected chi connectivity index (χ1v) is 10.3. The number of rotatable bonds is 8. The Hall–Kier alpha value is -3.70. The number of carbonyl (C=O) groups excluding carboxylic acids is 1. The van der Waals surface area contributed by atoms with Crippen molar-refractivity contribution in [2.75, 3.05) is 0 Å². The number of pyridine rings is 1. The third-order valence-electron chi connectivity index (χ3n) is 4.86. The maximum absolute atomic E-state index is 15.1. The third-order valence-corrected chi connectivity index (χ3v) is 5.15. The van der Waals surface area contributed by atoms with Crippen LogP contribution in [0.5, 0.6) is 11.5 Å². The molecule has 0 bridgehead atoms. The van der Waals surface area contributed by atoms with Gasteiger partial charge in [0.25, 0.3) is 0 Å². The summed E-state index contributed by atoms with van der Waals surface area (Å²) in [5.74, 6) is 0.261. The lowest BCUT2D eigenvalue weighted by Gasteiger charge is -2.14. The fourth-order valence-corrected chi connectivity index (χ4v) is 3.44. The topological polar surface area (TPSA) is 48.4 Å². The van der Waals surface area contributed by atoms with Crippen LogP contribution in [0.3, 0.4) is 0 Å². The molecular formula is C26H19ClFNO3. The molecule has 0 fully saturated rings. The second-order valence-electron chi connectivity index (χ2n) is 7.02. The van der Waals surface area contributed by atoms with Crippen LogP contribution >= 0.6 is 11.6 Å². The molecule has 0 atom stereocenters. The summed E-state index contributed by atoms with van der Waals surface area (Å²) in [5, 5.41) is 0.237. The van der Waals surface area contributed by atoms with Crippen molar-refractivity contribution in [1.29, 1.82) is 0 Å². The van der Waals surface area contributed by atoms with Gasteiger partial charge in [0.1, 0.15) is 30.5 Å². The molecule has 0 aliphatic rings. The van der Waals surface area contributed by atoms with E-state index in [1.807, 2.05) is 36.4 Å². The monoisotopic (exact) mass is 447 g/mol. The summed E-state index contributed by atoms with van der Waals surface area (Å²) in [5.41, 5.74) is 2.81. The van der Waals surface area contributed by atoms with Crippen molar-refractivity contribution in [3.63, 3.8) is 0 Å². The van der Waals surface area contributed by atoms with E-state index in [-0.39, 0.29) is 24.1 Å². The van der Waals surface area contributed by atoms with Gasteiger partial charge in [0.15, 0.2) is 6.29 Å². The van der Waals surface area contributed by atoms with E-state index in [1.54, 1.807) is 42.7 Å². The zero-order valence-electron chi connectivity index (χ0n) is 17.0. The molecule has 4 aromatic rings. The van der Waals surface area contributed by atoms with Crippen LogP contribution in [0.1, 0.15) is 21.5 Å². The number of hydrogen-bond donors (Lipinski definition) is 0. The Bertz CT molecular complexity index is 1220. The summed E-state index contributed by atoms with van der Waals surface area (Å²) in [6, 6.07) is 21.2. The van der Waals surface area contributed by atoms with Gasteiger partial charge in [0, 0.05) is 35.2 Å². The van der Waals surface area contributed by atoms with Crippen molar-refractivity contribution in [3.8, 4) is 22.6 Å². The first-order valence-electron chi connectivity index (χ1n) is 9.91. The van der Waals surface area contributed by atoms with Crippen LogP contribution in [0, 0.1) is 5.82 Å². The highest BCUT2D eigenvalue weighted by molar-refractivity contribution is 6.32. The number of carbonyl (C=O) groups is 1. The smallest absolute Gasteiger partial charge is 0.153 e. The molecule has 32 heavy (non-hydrogen) atoms. The minimum atomic E-state index is -0.354. The Labute approximate surface area is 190 Å². The first-order chi connectivity index (χ1) is 15.7. The summed E-state index contributed by atoms with van der Waals surface area (Å²) < 4.78 is 26.7. The van der Waals surface area contributed by atoms with Crippen molar-refractivity contribution in [3.05, 3.63) is 113 Å². The van der Waals surface area contributed by atoms with E-state index >= 15 is 4.39 Å². The largest absolute Gasteiger partial charge is 0.488 e. The maximum atomic E-state index is 15.1. The molecule has 3 aromatic carbocycles. The van der Waals surface area contributed by atoms with Crippen molar-refractivity contribution in [2.45, 2.75) is 13.2 Å². The summed E-state index contributed by atoms with van der Waals surface area (Å²) in [4.78, 5) is 15.5. The van der Waals surface area contributed by atoms with Gasteiger partial charge in [-0.1, -0.05) is 66.2 Å². The lowest BCUT2D eigenvalue weighted by Crippen LogP contribution is -2.03. The lowest BCUT2D eigenvalue weighted by molar-refractivity contribution is 0.111. The second kappa shape index (κ2) is 10.1. The van der Waals surface area contributed by atoms with Gasteiger partial charge in [0.05, 0.1) is 10.6 Å². The Morgan fingerprint density at radius 1 is 0.906 bits per heavy atom. The highest BCUT2D eigenvalue weighted by Crippen LogP contribution is 2.34. The Morgan fingerprint density at radius 3 is 2.47 bits per heavy atom. The van der Waals surface area contributed by atoms with E-state index in [9.17, 15) is 4.79 Å². The number of halogens is 2. The van der Waals surface area contributed by atoms with E-state index in [0.717, 1.165) is 11.1 Å². The van der Waals surface area contributed by atoms with Crippen molar-refractivity contribution < 1.29 is 18.7 Å². The first kappa shape index (κ1) is 21.5. The molecule has 4 nitrogen and oxygen atoms in total. The third kappa shape index (κ3) is 4.95. The molecule has 0 spiro atoms. The normalized spacial score (nSPS) is 10.6. The van der Waals surface area contributed by atoms with Gasteiger partial charge in [-0.15, -0.1) is 0 Å². The average molecular weight is 448 g/mol. The SMILES string of the molecule is O=Cc1cc(Cl)c(OCc2cccc(-c3ccccc3)c2F)cc1OCc1cccnc1. The lowest BCUT2D eigenvalue weighted by atomic mass is 10.0. The predicted molar refractivity (Wildman–Crippen MR) is 122 cm³/mol. The molecule has 4 rings (SSSR count). The zero-order chi connectivity index (χ0) is 22.3. The molecule has 0 aliphatic heterocycles. The molecule has 0 amide bonds. The van der Waals surface area contributed by atoms with Crippen LogP contribution < -0.4 is 9.47 Å². The van der Waals surface area contributed by atoms with Crippen LogP contribution in [0.25, 0.3) is 11.1 Å². The van der Waals surface area contributed by atoms with Crippen molar-refractivity contribution in [2.24, 2.45) is 0 Å². The molecule has 1 aromatic heterocycles. The number of aromatic nitrogens is 1. The molecule has 0 saturated heterocycles. The Morgan fingerprint density at radius 2 is 1.72 bits per heavy atom. The van der Waals surface area contributed by atoms with Crippen LogP contribution in [0.4, 0.5) is 4.39 Å². The minimum absolute atomic E-state index is 0.0330. The molecule has 0 aliphatic carbocycles. The molecule has 0 N–H and O–H groups in total. The van der Waals surface area contributed by atoms with Gasteiger partial charge < -0.3 is 9.47 Å². The standard InChI is InChI=1S/C26H19ClFNO3/c27-23-12-21(15-30)24(31-16-18-6-5-11-29-14-18)13-25(23)32-17-20-9-4-10-22(26(20)28)19-7-2-1-3-8-19/h1-15H,16-17H2. The highest BCUT2D eigenvalue weighted by atomic mass is 35.5. The predicted octanol–water partition coefficient (Wildman–Crippen LogP) is 6.51. The van der Waals surface area contributed by atoms with E-state index in [0.29, 0.717) is 34.5 Å². The molecule has 1 heterocycles. The molecule has 0 unspecified atom stereocenters. The fourth-order valence-electron chi connectivity index (χ4n) is 3.21. The van der Waals surface area contributed by atoms with Crippen molar-refractivity contribution >= 4 is 17.9 Å². The Balaban J connectivity index is 1.54. The molecule has 0 saturated carbocycles. The minimum Gasteiger partial charge on any atom is -0.488 e. The van der Waals surface area contributed by atoms with E-state index < -0.39 is 0 Å². The zero-order valence-corrected chi connectivity index (χ0v) is 17.8. The van der Waals surface area contributed by atoms with Gasteiger partial charge in [0.2, 0.25) is 0 Å². The number of hydrogen-bond acceptors (Lipinski definition) is 4. The van der Waals surface area contributed by atoms with Crippen LogP contribution in [-0.4, -0.2) is 11.3 Å². The summed E-state index contributed by atoms with van der Waals surface area (Å²) in [7, 11) is 0. The number of ether oxygens (including phenoxy) is 2. The maximum Gasteiger partial charge on any atom is 0.153 e. The highest BCUT2D eigenvalue weighted by Gasteiger charge is 2.14. The molecule has 0 radical (unpaired) electrons. The summed E-state index contributed by atoms with van der Waals surface area (Å²) >= 11 is 6.29. The summed E-state index contributed by atoms with van der Waals surface area (Å²) in [6.07, 6.45) is 4.01. The second-order valence-corrected chi connectivity index (χ2v) is 7.43. The van der Waals surface area contributed by atoms with Gasteiger partial charge in [-0.25, -0.2) is 4.39 Å². The molecule has 160 valence electrons. The van der Waals surface area contributed by atoms with Crippen LogP contribution in [-0.2, 0) is 13.2 Å².